The fourth-order valence-corrected chi connectivity index (χ4v) is 5.34. The van der Waals surface area contributed by atoms with Crippen LogP contribution in [0.25, 0.3) is 22.4 Å². The Morgan fingerprint density at radius 1 is 1.02 bits per heavy atom. The molecular formula is C29H24ClFN4O4S. The molecule has 0 bridgehead atoms. The van der Waals surface area contributed by atoms with Gasteiger partial charge in [0.05, 0.1) is 15.5 Å². The van der Waals surface area contributed by atoms with Gasteiger partial charge in [-0.3, -0.25) is 4.79 Å². The number of aromatic hydroxyl groups is 1. The fourth-order valence-electron chi connectivity index (χ4n) is 4.13. The number of benzene rings is 4. The van der Waals surface area contributed by atoms with E-state index in [9.17, 15) is 22.7 Å². The van der Waals surface area contributed by atoms with Gasteiger partial charge in [0, 0.05) is 17.8 Å². The van der Waals surface area contributed by atoms with Crippen LogP contribution in [0.3, 0.4) is 0 Å². The number of carbonyl (C=O) groups excluding carboxylic acids is 1. The summed E-state index contributed by atoms with van der Waals surface area (Å²) in [7, 11) is -3.60. The first kappa shape index (κ1) is 27.3. The van der Waals surface area contributed by atoms with Gasteiger partial charge < -0.3 is 15.4 Å². The van der Waals surface area contributed by atoms with Crippen LogP contribution in [0, 0.1) is 12.7 Å². The SMILES string of the molecule is Cc1ccc(S(=O)(=O)NCCc2ccc(NC(=O)c3ccc(O)c4[nH]c(-c5ccc(F)c(Cl)c5)nc34)cc2)cc1. The molecule has 0 atom stereocenters. The number of nitrogens with zero attached hydrogens (tertiary/aromatic N) is 1. The van der Waals surface area contributed by atoms with Gasteiger partial charge in [-0.25, -0.2) is 22.5 Å². The quantitative estimate of drug-likeness (QED) is 0.185. The summed E-state index contributed by atoms with van der Waals surface area (Å²) in [4.78, 5) is 20.7. The zero-order valence-corrected chi connectivity index (χ0v) is 22.8. The number of anilines is 1. The molecule has 1 heterocycles. The smallest absolute Gasteiger partial charge is 0.257 e. The Labute approximate surface area is 234 Å². The van der Waals surface area contributed by atoms with Gasteiger partial charge in [0.1, 0.15) is 28.4 Å². The largest absolute Gasteiger partial charge is 0.506 e. The van der Waals surface area contributed by atoms with Crippen molar-refractivity contribution < 1.29 is 22.7 Å². The van der Waals surface area contributed by atoms with Crippen molar-refractivity contribution in [2.45, 2.75) is 18.2 Å². The monoisotopic (exact) mass is 578 g/mol. The van der Waals surface area contributed by atoms with Crippen LogP contribution in [0.1, 0.15) is 21.5 Å². The molecule has 0 unspecified atom stereocenters. The van der Waals surface area contributed by atoms with Crippen LogP contribution in [0.5, 0.6) is 5.75 Å². The van der Waals surface area contributed by atoms with E-state index in [2.05, 4.69) is 20.0 Å². The molecular weight excluding hydrogens is 555 g/mol. The van der Waals surface area contributed by atoms with Gasteiger partial charge in [0.2, 0.25) is 10.0 Å². The van der Waals surface area contributed by atoms with Crippen LogP contribution in [0.15, 0.2) is 83.8 Å². The van der Waals surface area contributed by atoms with Crippen molar-refractivity contribution in [3.8, 4) is 17.1 Å². The highest BCUT2D eigenvalue weighted by atomic mass is 35.5. The van der Waals surface area contributed by atoms with E-state index in [1.54, 1.807) is 48.5 Å². The minimum absolute atomic E-state index is 0.0766. The van der Waals surface area contributed by atoms with Crippen molar-refractivity contribution in [2.75, 3.05) is 11.9 Å². The number of nitrogens with one attached hydrogen (secondary N) is 3. The van der Waals surface area contributed by atoms with Crippen molar-refractivity contribution in [3.05, 3.63) is 106 Å². The molecule has 204 valence electrons. The molecule has 5 aromatic rings. The molecule has 4 aromatic carbocycles. The average molecular weight is 579 g/mol. The number of imidazole rings is 1. The topological polar surface area (TPSA) is 124 Å². The molecule has 0 aliphatic carbocycles. The highest BCUT2D eigenvalue weighted by molar-refractivity contribution is 7.89. The molecule has 0 radical (unpaired) electrons. The maximum atomic E-state index is 13.6. The van der Waals surface area contributed by atoms with Crippen LogP contribution in [0.4, 0.5) is 10.1 Å². The highest BCUT2D eigenvalue weighted by Gasteiger charge is 2.18. The van der Waals surface area contributed by atoms with E-state index >= 15 is 0 Å². The number of phenolic OH excluding ortho intramolecular Hbond substituents is 1. The number of sulfonamides is 1. The minimum atomic E-state index is -3.60. The minimum Gasteiger partial charge on any atom is -0.506 e. The number of halogens is 2. The van der Waals surface area contributed by atoms with Crippen LogP contribution < -0.4 is 10.0 Å². The van der Waals surface area contributed by atoms with Crippen molar-refractivity contribution >= 4 is 44.3 Å². The highest BCUT2D eigenvalue weighted by Crippen LogP contribution is 2.31. The van der Waals surface area contributed by atoms with Gasteiger partial charge in [0.25, 0.3) is 5.91 Å². The standard InChI is InChI=1S/C29H24ClFN4O4S/c1-17-2-9-21(10-3-17)40(38,39)32-15-14-18-4-7-20(8-5-18)33-29(37)22-11-13-25(36)27-26(22)34-28(35-27)19-6-12-24(31)23(30)16-19/h2-13,16,32,36H,14-15H2,1H3,(H,33,37)(H,34,35). The Morgan fingerprint density at radius 2 is 1.75 bits per heavy atom. The van der Waals surface area contributed by atoms with Gasteiger partial charge in [-0.15, -0.1) is 0 Å². The van der Waals surface area contributed by atoms with E-state index in [0.717, 1.165) is 11.1 Å². The molecule has 0 fully saturated rings. The van der Waals surface area contributed by atoms with Gasteiger partial charge in [-0.1, -0.05) is 41.4 Å². The fraction of sp³-hybridized carbons (Fsp3) is 0.103. The van der Waals surface area contributed by atoms with E-state index in [-0.39, 0.29) is 38.8 Å². The lowest BCUT2D eigenvalue weighted by atomic mass is 10.1. The van der Waals surface area contributed by atoms with Gasteiger partial charge >= 0.3 is 0 Å². The van der Waals surface area contributed by atoms with E-state index in [1.807, 2.05) is 6.92 Å². The van der Waals surface area contributed by atoms with E-state index in [1.165, 1.54) is 30.3 Å². The lowest BCUT2D eigenvalue weighted by molar-refractivity contribution is 0.102. The Morgan fingerprint density at radius 3 is 2.45 bits per heavy atom. The van der Waals surface area contributed by atoms with Crippen molar-refractivity contribution in [1.29, 1.82) is 0 Å². The molecule has 1 aromatic heterocycles. The summed E-state index contributed by atoms with van der Waals surface area (Å²) >= 11 is 5.89. The zero-order valence-electron chi connectivity index (χ0n) is 21.2. The normalized spacial score (nSPS) is 11.6. The van der Waals surface area contributed by atoms with Crippen molar-refractivity contribution in [2.24, 2.45) is 0 Å². The average Bonchev–Trinajstić information content (AvgIpc) is 3.38. The molecule has 0 aliphatic heterocycles. The van der Waals surface area contributed by atoms with Crippen LogP contribution >= 0.6 is 11.6 Å². The molecule has 0 aliphatic rings. The summed E-state index contributed by atoms with van der Waals surface area (Å²) in [6.45, 7) is 2.11. The van der Waals surface area contributed by atoms with E-state index in [4.69, 9.17) is 11.6 Å². The third kappa shape index (κ3) is 5.84. The summed E-state index contributed by atoms with van der Waals surface area (Å²) in [6.07, 6.45) is 0.460. The number of fused-ring (bicyclic) bond motifs is 1. The predicted molar refractivity (Wildman–Crippen MR) is 153 cm³/mol. The van der Waals surface area contributed by atoms with Gasteiger partial charge in [0.15, 0.2) is 0 Å². The summed E-state index contributed by atoms with van der Waals surface area (Å²) in [5.74, 6) is -0.798. The number of aryl methyl sites for hydroxylation is 1. The first-order valence-electron chi connectivity index (χ1n) is 12.2. The number of hydrogen-bond donors (Lipinski definition) is 4. The molecule has 40 heavy (non-hydrogen) atoms. The second kappa shape index (κ2) is 11.1. The Bertz CT molecular complexity index is 1820. The summed E-state index contributed by atoms with van der Waals surface area (Å²) < 4.78 is 41.1. The second-order valence-electron chi connectivity index (χ2n) is 9.18. The Balaban J connectivity index is 1.26. The van der Waals surface area contributed by atoms with Gasteiger partial charge in [-0.05, 0) is 73.5 Å². The number of amides is 1. The molecule has 0 saturated heterocycles. The van der Waals surface area contributed by atoms with Crippen LogP contribution in [-0.2, 0) is 16.4 Å². The molecule has 0 saturated carbocycles. The number of hydrogen-bond acceptors (Lipinski definition) is 5. The number of aromatic amines is 1. The summed E-state index contributed by atoms with van der Waals surface area (Å²) in [5, 5.41) is 13.1. The first-order valence-corrected chi connectivity index (χ1v) is 14.1. The Hall–Kier alpha value is -4.25. The lowest BCUT2D eigenvalue weighted by Crippen LogP contribution is -2.26. The zero-order chi connectivity index (χ0) is 28.4. The van der Waals surface area contributed by atoms with E-state index < -0.39 is 21.7 Å². The number of aromatic nitrogens is 2. The number of rotatable bonds is 8. The Kier molecular flexibility index (Phi) is 7.57. The third-order valence-electron chi connectivity index (χ3n) is 6.31. The molecule has 8 nitrogen and oxygen atoms in total. The second-order valence-corrected chi connectivity index (χ2v) is 11.4. The lowest BCUT2D eigenvalue weighted by Gasteiger charge is -2.09. The molecule has 1 amide bonds. The summed E-state index contributed by atoms with van der Waals surface area (Å²) in [5.41, 5.74) is 3.59. The maximum Gasteiger partial charge on any atom is 0.257 e. The molecule has 11 heteroatoms. The van der Waals surface area contributed by atoms with Crippen molar-refractivity contribution in [1.82, 2.24) is 14.7 Å². The van der Waals surface area contributed by atoms with Gasteiger partial charge in [-0.2, -0.15) is 0 Å². The van der Waals surface area contributed by atoms with E-state index in [0.29, 0.717) is 23.5 Å². The number of phenols is 1. The molecule has 4 N–H and O–H groups in total. The van der Waals surface area contributed by atoms with Crippen molar-refractivity contribution in [3.63, 3.8) is 0 Å². The predicted octanol–water partition coefficient (Wildman–Crippen LogP) is 5.81. The molecule has 0 spiro atoms. The van der Waals surface area contributed by atoms with Crippen LogP contribution in [-0.4, -0.2) is 35.9 Å². The third-order valence-corrected chi connectivity index (χ3v) is 8.08. The summed E-state index contributed by atoms with van der Waals surface area (Å²) in [6, 6.07) is 20.6. The first-order chi connectivity index (χ1) is 19.1. The number of carbonyl (C=O) groups is 1. The number of H-pyrrole nitrogens is 1. The molecule has 5 rings (SSSR count). The van der Waals surface area contributed by atoms with Crippen LogP contribution in [0.2, 0.25) is 5.02 Å². The maximum absolute atomic E-state index is 13.6.